The quantitative estimate of drug-likeness (QED) is 0.701. The lowest BCUT2D eigenvalue weighted by Crippen LogP contribution is -2.37. The molecule has 1 aromatic carbocycles. The highest BCUT2D eigenvalue weighted by Crippen LogP contribution is 2.15. The predicted molar refractivity (Wildman–Crippen MR) is 101 cm³/mol. The summed E-state index contributed by atoms with van der Waals surface area (Å²) < 4.78 is 4.04. The van der Waals surface area contributed by atoms with Gasteiger partial charge in [0.1, 0.15) is 0 Å². The molecule has 0 bridgehead atoms. The zero-order chi connectivity index (χ0) is 19.4. The van der Waals surface area contributed by atoms with Crippen LogP contribution in [0.3, 0.4) is 0 Å². The number of aromatic nitrogens is 4. The third kappa shape index (κ3) is 3.76. The summed E-state index contributed by atoms with van der Waals surface area (Å²) in [4.78, 5) is 27.2. The van der Waals surface area contributed by atoms with Crippen molar-refractivity contribution in [3.8, 4) is 0 Å². The molecule has 0 unspecified atom stereocenters. The number of nitrogens with one attached hydrogen (secondary N) is 1. The van der Waals surface area contributed by atoms with Crippen molar-refractivity contribution in [3.05, 3.63) is 63.1 Å². The highest BCUT2D eigenvalue weighted by molar-refractivity contribution is 5.69. The Morgan fingerprint density at radius 2 is 1.69 bits per heavy atom. The first-order chi connectivity index (χ1) is 12.3. The SMILES string of the molecule is CN[C@@H](C)[C@H](O)c1ccccc1.Cn1c(=O)c2c(ncn2C)n(C)c1=O. The largest absolute Gasteiger partial charge is 0.387 e. The Hall–Kier alpha value is -2.71. The minimum atomic E-state index is -0.420. The molecule has 8 heteroatoms. The number of hydrogen-bond donors (Lipinski definition) is 2. The number of rotatable bonds is 3. The van der Waals surface area contributed by atoms with Crippen LogP contribution in [0.5, 0.6) is 0 Å². The van der Waals surface area contributed by atoms with E-state index in [4.69, 9.17) is 0 Å². The molecule has 0 aliphatic heterocycles. The first-order valence-corrected chi connectivity index (χ1v) is 8.26. The molecule has 26 heavy (non-hydrogen) atoms. The Balaban J connectivity index is 0.000000190. The van der Waals surface area contributed by atoms with E-state index in [0.29, 0.717) is 11.2 Å². The van der Waals surface area contributed by atoms with Crippen molar-refractivity contribution in [1.82, 2.24) is 24.0 Å². The van der Waals surface area contributed by atoms with Gasteiger partial charge in [0.15, 0.2) is 11.2 Å². The van der Waals surface area contributed by atoms with Crippen molar-refractivity contribution in [2.24, 2.45) is 21.1 Å². The smallest absolute Gasteiger partial charge is 0.332 e. The zero-order valence-electron chi connectivity index (χ0n) is 15.7. The van der Waals surface area contributed by atoms with Crippen LogP contribution in [0.25, 0.3) is 11.2 Å². The fourth-order valence-electron chi connectivity index (χ4n) is 2.57. The maximum atomic E-state index is 11.7. The molecule has 2 aromatic heterocycles. The van der Waals surface area contributed by atoms with Gasteiger partial charge in [-0.15, -0.1) is 0 Å². The van der Waals surface area contributed by atoms with E-state index < -0.39 is 6.10 Å². The molecule has 0 aliphatic carbocycles. The third-order valence-corrected chi connectivity index (χ3v) is 4.39. The number of fused-ring (bicyclic) bond motifs is 1. The van der Waals surface area contributed by atoms with Gasteiger partial charge < -0.3 is 15.0 Å². The molecule has 2 N–H and O–H groups in total. The van der Waals surface area contributed by atoms with E-state index in [1.807, 2.05) is 44.3 Å². The summed E-state index contributed by atoms with van der Waals surface area (Å²) in [6.45, 7) is 1.96. The molecular weight excluding hydrogens is 334 g/mol. The van der Waals surface area contributed by atoms with E-state index in [1.165, 1.54) is 17.9 Å². The number of hydrogen-bond acceptors (Lipinski definition) is 5. The minimum Gasteiger partial charge on any atom is -0.387 e. The average Bonchev–Trinajstić information content (AvgIpc) is 3.06. The molecule has 0 spiro atoms. The van der Waals surface area contributed by atoms with Gasteiger partial charge in [-0.25, -0.2) is 9.78 Å². The maximum absolute atomic E-state index is 11.7. The van der Waals surface area contributed by atoms with Gasteiger partial charge in [0.05, 0.1) is 12.4 Å². The highest BCUT2D eigenvalue weighted by atomic mass is 16.3. The number of nitrogens with zero attached hydrogens (tertiary/aromatic N) is 4. The molecule has 0 aliphatic rings. The first-order valence-electron chi connectivity index (χ1n) is 8.26. The van der Waals surface area contributed by atoms with E-state index in [1.54, 1.807) is 18.7 Å². The number of imidazole rings is 1. The zero-order valence-corrected chi connectivity index (χ0v) is 15.7. The molecule has 2 atom stereocenters. The standard InChI is InChI=1S/C10H15NO.C8H10N4O2/c1-8(11-2)10(12)9-6-4-3-5-7-9;1-10-4-9-6-5(10)7(13)12(3)8(14)11(6)2/h3-8,10-12H,1-2H3;4H,1-3H3/t8-,10-;/m0./s1. The van der Waals surface area contributed by atoms with Gasteiger partial charge in [0, 0.05) is 27.2 Å². The van der Waals surface area contributed by atoms with E-state index in [2.05, 4.69) is 10.3 Å². The fourth-order valence-corrected chi connectivity index (χ4v) is 2.57. The van der Waals surface area contributed by atoms with Crippen LogP contribution in [0.15, 0.2) is 46.2 Å². The van der Waals surface area contributed by atoms with E-state index >= 15 is 0 Å². The molecule has 140 valence electrons. The van der Waals surface area contributed by atoms with Crippen molar-refractivity contribution in [1.29, 1.82) is 0 Å². The van der Waals surface area contributed by atoms with Gasteiger partial charge in [-0.05, 0) is 19.5 Å². The van der Waals surface area contributed by atoms with Crippen molar-refractivity contribution in [2.75, 3.05) is 7.05 Å². The lowest BCUT2D eigenvalue weighted by Gasteiger charge is -2.17. The summed E-state index contributed by atoms with van der Waals surface area (Å²) in [5.41, 5.74) is 1.14. The van der Waals surface area contributed by atoms with Crippen LogP contribution in [0.4, 0.5) is 0 Å². The Bertz CT molecular complexity index is 988. The molecule has 3 aromatic rings. The second-order valence-corrected chi connectivity index (χ2v) is 6.17. The number of aliphatic hydroxyl groups is 1. The normalized spacial score (nSPS) is 13.2. The van der Waals surface area contributed by atoms with E-state index in [9.17, 15) is 14.7 Å². The Kier molecular flexibility index (Phi) is 6.12. The summed E-state index contributed by atoms with van der Waals surface area (Å²) in [6.07, 6.45) is 1.10. The second kappa shape index (κ2) is 8.11. The Morgan fingerprint density at radius 1 is 1.08 bits per heavy atom. The van der Waals surface area contributed by atoms with Crippen LogP contribution in [-0.4, -0.2) is 36.9 Å². The van der Waals surface area contributed by atoms with Gasteiger partial charge in [-0.1, -0.05) is 30.3 Å². The number of benzene rings is 1. The summed E-state index contributed by atoms with van der Waals surface area (Å²) in [5, 5.41) is 12.7. The summed E-state index contributed by atoms with van der Waals surface area (Å²) >= 11 is 0. The van der Waals surface area contributed by atoms with E-state index in [0.717, 1.165) is 10.1 Å². The number of aliphatic hydroxyl groups excluding tert-OH is 1. The number of aryl methyl sites for hydroxylation is 2. The van der Waals surface area contributed by atoms with Crippen molar-refractivity contribution in [2.45, 2.75) is 19.1 Å². The molecule has 8 nitrogen and oxygen atoms in total. The molecular formula is C18H25N5O3. The lowest BCUT2D eigenvalue weighted by atomic mass is 10.0. The topological polar surface area (TPSA) is 94.1 Å². The van der Waals surface area contributed by atoms with Gasteiger partial charge in [-0.2, -0.15) is 0 Å². The lowest BCUT2D eigenvalue weighted by molar-refractivity contribution is 0.140. The van der Waals surface area contributed by atoms with Crippen LogP contribution < -0.4 is 16.6 Å². The van der Waals surface area contributed by atoms with Crippen LogP contribution in [0, 0.1) is 0 Å². The first kappa shape index (κ1) is 19.6. The van der Waals surface area contributed by atoms with Crippen molar-refractivity contribution >= 4 is 11.2 Å². The Morgan fingerprint density at radius 3 is 2.27 bits per heavy atom. The summed E-state index contributed by atoms with van der Waals surface area (Å²) in [5.74, 6) is 0. The molecule has 3 rings (SSSR count). The van der Waals surface area contributed by atoms with Gasteiger partial charge in [0.25, 0.3) is 5.56 Å². The summed E-state index contributed by atoms with van der Waals surface area (Å²) in [7, 11) is 6.62. The van der Waals surface area contributed by atoms with Crippen LogP contribution >= 0.6 is 0 Å². The molecule has 0 fully saturated rings. The molecule has 0 saturated heterocycles. The molecule has 0 radical (unpaired) electrons. The molecule has 2 heterocycles. The van der Waals surface area contributed by atoms with Gasteiger partial charge >= 0.3 is 5.69 Å². The Labute approximate surface area is 151 Å². The van der Waals surface area contributed by atoms with Gasteiger partial charge in [0.2, 0.25) is 0 Å². The monoisotopic (exact) mass is 359 g/mol. The van der Waals surface area contributed by atoms with Crippen LogP contribution in [-0.2, 0) is 21.1 Å². The fraction of sp³-hybridized carbons (Fsp3) is 0.389. The molecule has 0 amide bonds. The average molecular weight is 359 g/mol. The second-order valence-electron chi connectivity index (χ2n) is 6.17. The minimum absolute atomic E-state index is 0.0902. The number of likely N-dealkylation sites (N-methyl/N-ethyl adjacent to an activating group) is 1. The van der Waals surface area contributed by atoms with Crippen molar-refractivity contribution < 1.29 is 5.11 Å². The summed E-state index contributed by atoms with van der Waals surface area (Å²) in [6, 6.07) is 9.76. The van der Waals surface area contributed by atoms with Crippen molar-refractivity contribution in [3.63, 3.8) is 0 Å². The maximum Gasteiger partial charge on any atom is 0.332 e. The third-order valence-electron chi connectivity index (χ3n) is 4.39. The molecule has 0 saturated carbocycles. The highest BCUT2D eigenvalue weighted by Gasteiger charge is 2.13. The van der Waals surface area contributed by atoms with Gasteiger partial charge in [-0.3, -0.25) is 13.9 Å². The van der Waals surface area contributed by atoms with Crippen LogP contribution in [0.1, 0.15) is 18.6 Å². The predicted octanol–water partition coefficient (Wildman–Crippen LogP) is 0.299. The van der Waals surface area contributed by atoms with E-state index in [-0.39, 0.29) is 17.3 Å². The van der Waals surface area contributed by atoms with Crippen LogP contribution in [0.2, 0.25) is 0 Å².